The highest BCUT2D eigenvalue weighted by Gasteiger charge is 2.44. The molecule has 28 heavy (non-hydrogen) atoms. The lowest BCUT2D eigenvalue weighted by atomic mass is 9.71. The van der Waals surface area contributed by atoms with E-state index in [1.807, 2.05) is 6.07 Å². The molecule has 1 N–H and O–H groups in total. The molecule has 2 aliphatic heterocycles. The summed E-state index contributed by atoms with van der Waals surface area (Å²) in [7, 11) is 3.86. The molecule has 156 valence electrons. The van der Waals surface area contributed by atoms with Crippen molar-refractivity contribution in [2.45, 2.75) is 45.8 Å². The van der Waals surface area contributed by atoms with E-state index in [4.69, 9.17) is 9.47 Å². The van der Waals surface area contributed by atoms with Crippen LogP contribution in [0.4, 0.5) is 0 Å². The number of aliphatic hydroxyl groups is 1. The topological polar surface area (TPSA) is 45.2 Å². The molecule has 1 aromatic carbocycles. The monoisotopic (exact) mass is 388 g/mol. The predicted molar refractivity (Wildman–Crippen MR) is 113 cm³/mol. The minimum atomic E-state index is -0.188. The van der Waals surface area contributed by atoms with Crippen LogP contribution in [0.15, 0.2) is 29.8 Å². The largest absolute Gasteiger partial charge is 0.493 e. The zero-order valence-electron chi connectivity index (χ0n) is 17.9. The number of methoxy groups -OCH3 is 1. The lowest BCUT2D eigenvalue weighted by Gasteiger charge is -2.50. The number of hydrogen-bond donors (Lipinski definition) is 1. The highest BCUT2D eigenvalue weighted by atomic mass is 16.5. The van der Waals surface area contributed by atoms with E-state index >= 15 is 0 Å². The number of nitrogens with zero attached hydrogens (tertiary/aromatic N) is 2. The summed E-state index contributed by atoms with van der Waals surface area (Å²) in [6.07, 6.45) is 5.02. The van der Waals surface area contributed by atoms with Crippen molar-refractivity contribution in [1.29, 1.82) is 0 Å². The van der Waals surface area contributed by atoms with Crippen LogP contribution in [0.25, 0.3) is 0 Å². The van der Waals surface area contributed by atoms with Crippen molar-refractivity contribution in [3.63, 3.8) is 0 Å². The van der Waals surface area contributed by atoms with Crippen molar-refractivity contribution in [3.8, 4) is 11.5 Å². The summed E-state index contributed by atoms with van der Waals surface area (Å²) in [5, 5.41) is 10.7. The first-order chi connectivity index (χ1) is 13.4. The average molecular weight is 389 g/mol. The second kappa shape index (κ2) is 9.29. The first-order valence-electron chi connectivity index (χ1n) is 10.4. The van der Waals surface area contributed by atoms with Crippen LogP contribution in [0, 0.1) is 5.41 Å². The van der Waals surface area contributed by atoms with Gasteiger partial charge in [-0.25, -0.2) is 0 Å². The standard InChI is InChI=1S/C23H36N2O3/c1-18(2)9-13-28-20-7-6-19(14-21(20)27-4)15-25-11-5-10-23(17-25)16-24(3)12-8-22(23)26/h6-7,9,14,22,26H,5,8,10-13,15-17H2,1-4H3/t22-,23-/m0/s1. The van der Waals surface area contributed by atoms with E-state index in [1.165, 1.54) is 11.1 Å². The smallest absolute Gasteiger partial charge is 0.161 e. The predicted octanol–water partition coefficient (Wildman–Crippen LogP) is 3.32. The highest BCUT2D eigenvalue weighted by molar-refractivity contribution is 5.43. The summed E-state index contributed by atoms with van der Waals surface area (Å²) in [6, 6.07) is 6.23. The van der Waals surface area contributed by atoms with Crippen molar-refractivity contribution in [1.82, 2.24) is 9.80 Å². The maximum absolute atomic E-state index is 10.7. The second-order valence-electron chi connectivity index (χ2n) is 8.80. The van der Waals surface area contributed by atoms with Crippen molar-refractivity contribution in [3.05, 3.63) is 35.4 Å². The SMILES string of the molecule is COc1cc(CN2CCC[C@]3(CN(C)CC[C@@H]3O)C2)ccc1OCC=C(C)C. The Hall–Kier alpha value is -1.56. The quantitative estimate of drug-likeness (QED) is 0.758. The third-order valence-corrected chi connectivity index (χ3v) is 6.13. The number of aliphatic hydroxyl groups excluding tert-OH is 1. The van der Waals surface area contributed by atoms with Crippen LogP contribution in [0.3, 0.4) is 0 Å². The fourth-order valence-corrected chi connectivity index (χ4v) is 4.65. The van der Waals surface area contributed by atoms with Gasteiger partial charge in [-0.05, 0) is 70.5 Å². The van der Waals surface area contributed by atoms with Gasteiger partial charge >= 0.3 is 0 Å². The molecule has 2 atom stereocenters. The van der Waals surface area contributed by atoms with E-state index < -0.39 is 0 Å². The van der Waals surface area contributed by atoms with Gasteiger partial charge in [0.05, 0.1) is 13.2 Å². The molecule has 5 heteroatoms. The van der Waals surface area contributed by atoms with E-state index in [2.05, 4.69) is 48.9 Å². The maximum Gasteiger partial charge on any atom is 0.161 e. The molecule has 2 saturated heterocycles. The lowest BCUT2D eigenvalue weighted by molar-refractivity contribution is -0.0807. The van der Waals surface area contributed by atoms with Crippen LogP contribution in [0.1, 0.15) is 38.7 Å². The Labute approximate surface area is 169 Å². The Morgan fingerprint density at radius 2 is 2.07 bits per heavy atom. The van der Waals surface area contributed by atoms with Gasteiger partial charge < -0.3 is 19.5 Å². The van der Waals surface area contributed by atoms with Gasteiger partial charge in [-0.3, -0.25) is 4.90 Å². The Morgan fingerprint density at radius 1 is 1.25 bits per heavy atom. The Bertz CT molecular complexity index is 686. The summed E-state index contributed by atoms with van der Waals surface area (Å²) >= 11 is 0. The third-order valence-electron chi connectivity index (χ3n) is 6.13. The van der Waals surface area contributed by atoms with Crippen molar-refractivity contribution < 1.29 is 14.6 Å². The molecule has 2 heterocycles. The van der Waals surface area contributed by atoms with E-state index in [0.717, 1.165) is 63.5 Å². The number of hydrogen-bond acceptors (Lipinski definition) is 5. The fraction of sp³-hybridized carbons (Fsp3) is 0.652. The minimum Gasteiger partial charge on any atom is -0.493 e. The molecular weight excluding hydrogens is 352 g/mol. The molecule has 3 rings (SSSR count). The highest BCUT2D eigenvalue weighted by Crippen LogP contribution is 2.39. The van der Waals surface area contributed by atoms with Crippen LogP contribution in [-0.4, -0.2) is 68.0 Å². The zero-order valence-corrected chi connectivity index (χ0v) is 17.9. The van der Waals surface area contributed by atoms with Gasteiger partial charge in [0, 0.05) is 31.6 Å². The normalized spacial score (nSPS) is 26.2. The molecule has 0 radical (unpaired) electrons. The second-order valence-corrected chi connectivity index (χ2v) is 8.80. The van der Waals surface area contributed by atoms with Crippen molar-refractivity contribution in [2.24, 2.45) is 5.41 Å². The summed E-state index contributed by atoms with van der Waals surface area (Å²) < 4.78 is 11.4. The number of ether oxygens (including phenoxy) is 2. The molecule has 5 nitrogen and oxygen atoms in total. The van der Waals surface area contributed by atoms with Crippen molar-refractivity contribution >= 4 is 0 Å². The Balaban J connectivity index is 1.66. The summed E-state index contributed by atoms with van der Waals surface area (Å²) in [4.78, 5) is 4.86. The summed E-state index contributed by atoms with van der Waals surface area (Å²) in [5.74, 6) is 1.56. The third kappa shape index (κ3) is 5.07. The fourth-order valence-electron chi connectivity index (χ4n) is 4.65. The van der Waals surface area contributed by atoms with Gasteiger partial charge in [0.1, 0.15) is 6.61 Å². The zero-order chi connectivity index (χ0) is 20.1. The first-order valence-corrected chi connectivity index (χ1v) is 10.4. The van der Waals surface area contributed by atoms with E-state index in [1.54, 1.807) is 7.11 Å². The molecule has 0 unspecified atom stereocenters. The van der Waals surface area contributed by atoms with Crippen LogP contribution < -0.4 is 9.47 Å². The molecule has 1 spiro atoms. The molecule has 2 aliphatic rings. The average Bonchev–Trinajstić information content (AvgIpc) is 2.66. The Morgan fingerprint density at radius 3 is 2.82 bits per heavy atom. The molecule has 0 bridgehead atoms. The molecule has 0 saturated carbocycles. The van der Waals surface area contributed by atoms with Gasteiger partial charge in [0.15, 0.2) is 11.5 Å². The summed E-state index contributed by atoms with van der Waals surface area (Å²) in [6.45, 7) is 9.59. The van der Waals surface area contributed by atoms with Gasteiger partial charge in [-0.1, -0.05) is 11.6 Å². The van der Waals surface area contributed by atoms with Gasteiger partial charge in [-0.2, -0.15) is 0 Å². The van der Waals surface area contributed by atoms with Gasteiger partial charge in [0.2, 0.25) is 0 Å². The number of benzene rings is 1. The summed E-state index contributed by atoms with van der Waals surface area (Å²) in [5.41, 5.74) is 2.48. The van der Waals surface area contributed by atoms with E-state index in [-0.39, 0.29) is 11.5 Å². The lowest BCUT2D eigenvalue weighted by Crippen LogP contribution is -2.58. The number of piperidine rings is 2. The van der Waals surface area contributed by atoms with Crippen LogP contribution in [0.5, 0.6) is 11.5 Å². The van der Waals surface area contributed by atoms with Crippen LogP contribution >= 0.6 is 0 Å². The Kier molecular flexibility index (Phi) is 7.02. The van der Waals surface area contributed by atoms with Crippen molar-refractivity contribution in [2.75, 3.05) is 46.9 Å². The minimum absolute atomic E-state index is 0.0166. The van der Waals surface area contributed by atoms with E-state index in [9.17, 15) is 5.11 Å². The molecule has 1 aromatic rings. The van der Waals surface area contributed by atoms with Crippen LogP contribution in [0.2, 0.25) is 0 Å². The van der Waals surface area contributed by atoms with E-state index in [0.29, 0.717) is 6.61 Å². The number of rotatable bonds is 6. The molecule has 0 aliphatic carbocycles. The molecular formula is C23H36N2O3. The van der Waals surface area contributed by atoms with Gasteiger partial charge in [-0.15, -0.1) is 0 Å². The van der Waals surface area contributed by atoms with Crippen LogP contribution in [-0.2, 0) is 6.54 Å². The molecule has 2 fully saturated rings. The van der Waals surface area contributed by atoms with Gasteiger partial charge in [0.25, 0.3) is 0 Å². The number of likely N-dealkylation sites (tertiary alicyclic amines) is 2. The number of allylic oxidation sites excluding steroid dienone is 1. The maximum atomic E-state index is 10.7. The first kappa shape index (κ1) is 21.2. The molecule has 0 aromatic heterocycles. The molecule has 0 amide bonds.